The smallest absolute Gasteiger partial charge is 0.261 e. The van der Waals surface area contributed by atoms with Crippen molar-refractivity contribution < 1.29 is 13.2 Å². The number of anilines is 2. The Labute approximate surface area is 150 Å². The average Bonchev–Trinajstić information content (AvgIpc) is 3.33. The molecule has 1 aliphatic carbocycles. The first-order valence-corrected chi connectivity index (χ1v) is 9.48. The predicted octanol–water partition coefficient (Wildman–Crippen LogP) is 4.14. The number of hydrogen-bond acceptors (Lipinski definition) is 3. The first kappa shape index (κ1) is 17.1. The molecule has 2 aromatic carbocycles. The van der Waals surface area contributed by atoms with Crippen molar-refractivity contribution in [3.8, 4) is 0 Å². The van der Waals surface area contributed by atoms with Crippen LogP contribution in [0.4, 0.5) is 11.4 Å². The highest BCUT2D eigenvalue weighted by atomic mass is 35.5. The zero-order chi connectivity index (χ0) is 17.3. The predicted molar refractivity (Wildman–Crippen MR) is 95.1 cm³/mol. The third-order valence-corrected chi connectivity index (χ3v) is 5.47. The van der Waals surface area contributed by atoms with Crippen LogP contribution in [0.3, 0.4) is 0 Å². The Morgan fingerprint density at radius 3 is 2.50 bits per heavy atom. The summed E-state index contributed by atoms with van der Waals surface area (Å²) < 4.78 is 27.4. The lowest BCUT2D eigenvalue weighted by molar-refractivity contribution is -0.117. The Morgan fingerprint density at radius 2 is 1.83 bits per heavy atom. The summed E-state index contributed by atoms with van der Waals surface area (Å²) in [6.07, 6.45) is 1.69. The summed E-state index contributed by atoms with van der Waals surface area (Å²) in [6, 6.07) is 10.5. The van der Waals surface area contributed by atoms with Crippen LogP contribution in [-0.4, -0.2) is 14.3 Å². The van der Waals surface area contributed by atoms with Crippen molar-refractivity contribution in [1.29, 1.82) is 0 Å². The number of carbonyl (C=O) groups is 1. The van der Waals surface area contributed by atoms with E-state index >= 15 is 0 Å². The van der Waals surface area contributed by atoms with Crippen LogP contribution in [0.15, 0.2) is 47.4 Å². The van der Waals surface area contributed by atoms with Gasteiger partial charge < -0.3 is 5.32 Å². The molecule has 5 nitrogen and oxygen atoms in total. The normalized spacial score (nSPS) is 14.2. The Hall–Kier alpha value is -1.76. The van der Waals surface area contributed by atoms with Crippen molar-refractivity contribution in [1.82, 2.24) is 0 Å². The van der Waals surface area contributed by atoms with Gasteiger partial charge in [0.2, 0.25) is 5.91 Å². The van der Waals surface area contributed by atoms with E-state index in [4.69, 9.17) is 23.2 Å². The maximum Gasteiger partial charge on any atom is 0.261 e. The van der Waals surface area contributed by atoms with E-state index in [1.807, 2.05) is 0 Å². The molecule has 0 saturated heterocycles. The van der Waals surface area contributed by atoms with Gasteiger partial charge in [0, 0.05) is 10.9 Å². The summed E-state index contributed by atoms with van der Waals surface area (Å²) in [6.45, 7) is 0. The molecule has 2 aromatic rings. The summed E-state index contributed by atoms with van der Waals surface area (Å²) in [7, 11) is -3.83. The van der Waals surface area contributed by atoms with Crippen molar-refractivity contribution in [3.05, 3.63) is 52.5 Å². The maximum atomic E-state index is 12.5. The van der Waals surface area contributed by atoms with Gasteiger partial charge in [-0.2, -0.15) is 0 Å². The van der Waals surface area contributed by atoms with Crippen molar-refractivity contribution >= 4 is 50.5 Å². The minimum atomic E-state index is -3.83. The van der Waals surface area contributed by atoms with Gasteiger partial charge in [0.1, 0.15) is 0 Å². The molecular weight excluding hydrogens is 371 g/mol. The molecule has 1 saturated carbocycles. The number of amides is 1. The zero-order valence-electron chi connectivity index (χ0n) is 12.4. The van der Waals surface area contributed by atoms with Gasteiger partial charge in [0.25, 0.3) is 10.0 Å². The highest BCUT2D eigenvalue weighted by Crippen LogP contribution is 2.32. The fourth-order valence-corrected chi connectivity index (χ4v) is 3.54. The van der Waals surface area contributed by atoms with Gasteiger partial charge in [-0.05, 0) is 49.2 Å². The van der Waals surface area contributed by atoms with Crippen LogP contribution in [0.2, 0.25) is 10.0 Å². The number of sulfonamides is 1. The number of carbonyl (C=O) groups excluding carboxylic acids is 1. The van der Waals surface area contributed by atoms with Gasteiger partial charge in [-0.1, -0.05) is 29.3 Å². The van der Waals surface area contributed by atoms with Gasteiger partial charge >= 0.3 is 0 Å². The highest BCUT2D eigenvalue weighted by Gasteiger charge is 2.30. The fourth-order valence-electron chi connectivity index (χ4n) is 2.11. The molecule has 2 N–H and O–H groups in total. The van der Waals surface area contributed by atoms with E-state index < -0.39 is 10.0 Å². The van der Waals surface area contributed by atoms with Crippen LogP contribution in [0.5, 0.6) is 0 Å². The summed E-state index contributed by atoms with van der Waals surface area (Å²) >= 11 is 11.9. The summed E-state index contributed by atoms with van der Waals surface area (Å²) in [5.41, 5.74) is 0.628. The summed E-state index contributed by atoms with van der Waals surface area (Å²) in [4.78, 5) is 11.9. The van der Waals surface area contributed by atoms with Crippen LogP contribution in [0.25, 0.3) is 0 Å². The first-order chi connectivity index (χ1) is 11.3. The Morgan fingerprint density at radius 1 is 1.08 bits per heavy atom. The number of hydrogen-bond donors (Lipinski definition) is 2. The third-order valence-electron chi connectivity index (χ3n) is 3.53. The molecule has 1 fully saturated rings. The van der Waals surface area contributed by atoms with Crippen molar-refractivity contribution in [2.75, 3.05) is 10.0 Å². The lowest BCUT2D eigenvalue weighted by Gasteiger charge is -2.11. The number of nitrogens with one attached hydrogen (secondary N) is 2. The van der Waals surface area contributed by atoms with Crippen LogP contribution in [0.1, 0.15) is 12.8 Å². The average molecular weight is 385 g/mol. The minimum Gasteiger partial charge on any atom is -0.324 e. The molecule has 0 radical (unpaired) electrons. The largest absolute Gasteiger partial charge is 0.324 e. The van der Waals surface area contributed by atoms with E-state index in [1.54, 1.807) is 18.2 Å². The zero-order valence-corrected chi connectivity index (χ0v) is 14.8. The van der Waals surface area contributed by atoms with Gasteiger partial charge in [0.05, 0.1) is 21.3 Å². The molecule has 0 spiro atoms. The van der Waals surface area contributed by atoms with Crippen molar-refractivity contribution in [3.63, 3.8) is 0 Å². The van der Waals surface area contributed by atoms with Crippen LogP contribution in [0, 0.1) is 5.92 Å². The van der Waals surface area contributed by atoms with E-state index in [9.17, 15) is 13.2 Å². The Balaban J connectivity index is 1.85. The third kappa shape index (κ3) is 4.01. The molecule has 126 valence electrons. The number of halogens is 2. The molecule has 8 heteroatoms. The van der Waals surface area contributed by atoms with Gasteiger partial charge in [-0.15, -0.1) is 0 Å². The topological polar surface area (TPSA) is 75.3 Å². The van der Waals surface area contributed by atoms with E-state index in [0.717, 1.165) is 12.8 Å². The summed E-state index contributed by atoms with van der Waals surface area (Å²) in [5.74, 6) is -0.153. The van der Waals surface area contributed by atoms with E-state index in [-0.39, 0.29) is 27.4 Å². The molecule has 0 atom stereocenters. The maximum absolute atomic E-state index is 12.5. The van der Waals surface area contributed by atoms with Crippen LogP contribution >= 0.6 is 23.2 Å². The number of rotatable bonds is 5. The minimum absolute atomic E-state index is 0.00188. The molecule has 0 aliphatic heterocycles. The fraction of sp³-hybridized carbons (Fsp3) is 0.188. The van der Waals surface area contributed by atoms with Crippen LogP contribution in [-0.2, 0) is 14.8 Å². The number of benzene rings is 2. The lowest BCUT2D eigenvalue weighted by Crippen LogP contribution is -2.16. The first-order valence-electron chi connectivity index (χ1n) is 7.24. The van der Waals surface area contributed by atoms with E-state index in [0.29, 0.717) is 10.7 Å². The SMILES string of the molecule is O=C(Nc1cc(S(=O)(=O)Nc2cccc(Cl)c2)ccc1Cl)C1CC1. The summed E-state index contributed by atoms with van der Waals surface area (Å²) in [5, 5.41) is 3.38. The van der Waals surface area contributed by atoms with E-state index in [1.165, 1.54) is 24.3 Å². The van der Waals surface area contributed by atoms with E-state index in [2.05, 4.69) is 10.0 Å². The molecule has 1 amide bonds. The van der Waals surface area contributed by atoms with Gasteiger partial charge in [-0.3, -0.25) is 9.52 Å². The molecule has 0 aromatic heterocycles. The molecule has 24 heavy (non-hydrogen) atoms. The lowest BCUT2D eigenvalue weighted by atomic mass is 10.3. The second-order valence-electron chi connectivity index (χ2n) is 5.52. The van der Waals surface area contributed by atoms with Gasteiger partial charge in [0.15, 0.2) is 0 Å². The second-order valence-corrected chi connectivity index (χ2v) is 8.05. The van der Waals surface area contributed by atoms with Crippen molar-refractivity contribution in [2.24, 2.45) is 5.92 Å². The molecule has 1 aliphatic rings. The second kappa shape index (κ2) is 6.63. The standard InChI is InChI=1S/C16H14Cl2N2O3S/c17-11-2-1-3-12(8-11)20-24(22,23)13-6-7-14(18)15(9-13)19-16(21)10-4-5-10/h1-3,6-10,20H,4-5H2,(H,19,21). The Kier molecular flexibility index (Phi) is 4.71. The molecular formula is C16H14Cl2N2O3S. The highest BCUT2D eigenvalue weighted by molar-refractivity contribution is 7.92. The quantitative estimate of drug-likeness (QED) is 0.812. The molecule has 3 rings (SSSR count). The monoisotopic (exact) mass is 384 g/mol. The van der Waals surface area contributed by atoms with Gasteiger partial charge in [-0.25, -0.2) is 8.42 Å². The van der Waals surface area contributed by atoms with Crippen LogP contribution < -0.4 is 10.0 Å². The molecule has 0 heterocycles. The molecule has 0 unspecified atom stereocenters. The molecule has 0 bridgehead atoms. The Bertz CT molecular complexity index is 896. The van der Waals surface area contributed by atoms with Crippen molar-refractivity contribution in [2.45, 2.75) is 17.7 Å².